The van der Waals surface area contributed by atoms with Crippen molar-refractivity contribution < 1.29 is 9.18 Å². The van der Waals surface area contributed by atoms with Crippen LogP contribution < -0.4 is 5.32 Å². The fraction of sp³-hybridized carbons (Fsp3) is 0.312. The van der Waals surface area contributed by atoms with Crippen LogP contribution in [-0.2, 0) is 16.8 Å². The van der Waals surface area contributed by atoms with E-state index in [-0.39, 0.29) is 11.7 Å². The van der Waals surface area contributed by atoms with Gasteiger partial charge in [-0.2, -0.15) is 0 Å². The maximum atomic E-state index is 13.0. The molecule has 1 aromatic heterocycles. The molecule has 1 saturated carbocycles. The van der Waals surface area contributed by atoms with Crippen LogP contribution >= 0.6 is 11.3 Å². The number of thiophene rings is 1. The number of halogens is 1. The number of benzene rings is 1. The molecule has 1 heterocycles. The number of carbonyl (C=O) groups is 1. The Balaban J connectivity index is 1.74. The van der Waals surface area contributed by atoms with Gasteiger partial charge in [-0.05, 0) is 42.0 Å². The molecule has 1 aromatic carbocycles. The number of rotatable bonds is 4. The first kappa shape index (κ1) is 13.3. The highest BCUT2D eigenvalue weighted by molar-refractivity contribution is 7.09. The molecule has 1 fully saturated rings. The highest BCUT2D eigenvalue weighted by atomic mass is 32.1. The first-order valence-electron chi connectivity index (χ1n) is 6.77. The summed E-state index contributed by atoms with van der Waals surface area (Å²) in [4.78, 5) is 13.7. The zero-order chi connectivity index (χ0) is 14.0. The van der Waals surface area contributed by atoms with E-state index < -0.39 is 5.41 Å². The quantitative estimate of drug-likeness (QED) is 0.915. The third-order valence-electron chi connectivity index (χ3n) is 4.04. The summed E-state index contributed by atoms with van der Waals surface area (Å²) in [5, 5.41) is 5.02. The van der Waals surface area contributed by atoms with Gasteiger partial charge in [0.1, 0.15) is 5.82 Å². The molecule has 20 heavy (non-hydrogen) atoms. The molecule has 2 aromatic rings. The van der Waals surface area contributed by atoms with Crippen LogP contribution in [0.15, 0.2) is 41.8 Å². The fourth-order valence-corrected chi connectivity index (χ4v) is 3.34. The minimum atomic E-state index is -0.453. The summed E-state index contributed by atoms with van der Waals surface area (Å²) in [6.07, 6.45) is 2.73. The molecule has 0 saturated heterocycles. The fourth-order valence-electron chi connectivity index (χ4n) is 2.70. The van der Waals surface area contributed by atoms with Crippen molar-refractivity contribution in [1.82, 2.24) is 5.32 Å². The van der Waals surface area contributed by atoms with Crippen LogP contribution in [0, 0.1) is 5.82 Å². The monoisotopic (exact) mass is 289 g/mol. The lowest BCUT2D eigenvalue weighted by molar-refractivity contribution is -0.130. The Labute approximate surface area is 121 Å². The van der Waals surface area contributed by atoms with Gasteiger partial charge in [-0.1, -0.05) is 24.6 Å². The van der Waals surface area contributed by atoms with E-state index in [0.717, 1.165) is 29.7 Å². The number of carbonyl (C=O) groups excluding carboxylic acids is 1. The van der Waals surface area contributed by atoms with Gasteiger partial charge in [0.25, 0.3) is 0 Å². The number of amides is 1. The van der Waals surface area contributed by atoms with Crippen molar-refractivity contribution in [2.75, 3.05) is 0 Å². The van der Waals surface area contributed by atoms with Crippen molar-refractivity contribution in [2.24, 2.45) is 0 Å². The second kappa shape index (κ2) is 5.37. The van der Waals surface area contributed by atoms with Crippen molar-refractivity contribution in [2.45, 2.75) is 31.2 Å². The summed E-state index contributed by atoms with van der Waals surface area (Å²) in [7, 11) is 0. The van der Waals surface area contributed by atoms with Gasteiger partial charge >= 0.3 is 0 Å². The molecule has 0 aliphatic heterocycles. The van der Waals surface area contributed by atoms with E-state index in [1.165, 1.54) is 12.1 Å². The molecule has 2 nitrogen and oxygen atoms in total. The summed E-state index contributed by atoms with van der Waals surface area (Å²) >= 11 is 1.63. The molecule has 4 heteroatoms. The number of nitrogens with one attached hydrogen (secondary N) is 1. The van der Waals surface area contributed by atoms with Gasteiger partial charge in [-0.15, -0.1) is 11.3 Å². The third-order valence-corrected chi connectivity index (χ3v) is 4.92. The topological polar surface area (TPSA) is 29.1 Å². The van der Waals surface area contributed by atoms with Gasteiger partial charge < -0.3 is 5.32 Å². The van der Waals surface area contributed by atoms with E-state index in [4.69, 9.17) is 0 Å². The SMILES string of the molecule is O=C(NCc1cccs1)C1(c2ccc(F)cc2)CCC1. The van der Waals surface area contributed by atoms with Crippen molar-refractivity contribution in [3.05, 3.63) is 58.0 Å². The summed E-state index contributed by atoms with van der Waals surface area (Å²) in [6, 6.07) is 10.3. The van der Waals surface area contributed by atoms with Crippen molar-refractivity contribution in [3.8, 4) is 0 Å². The Morgan fingerprint density at radius 2 is 2.00 bits per heavy atom. The molecule has 3 rings (SSSR count). The average molecular weight is 289 g/mol. The predicted octanol–water partition coefficient (Wildman–Crippen LogP) is 3.63. The molecule has 0 unspecified atom stereocenters. The molecule has 1 N–H and O–H groups in total. The minimum absolute atomic E-state index is 0.0590. The third kappa shape index (κ3) is 2.36. The zero-order valence-corrected chi connectivity index (χ0v) is 11.9. The second-order valence-electron chi connectivity index (χ2n) is 5.20. The highest BCUT2D eigenvalue weighted by Gasteiger charge is 2.45. The Kier molecular flexibility index (Phi) is 3.57. The highest BCUT2D eigenvalue weighted by Crippen LogP contribution is 2.44. The van der Waals surface area contributed by atoms with Crippen molar-refractivity contribution in [3.63, 3.8) is 0 Å². The molecule has 0 atom stereocenters. The van der Waals surface area contributed by atoms with Gasteiger partial charge in [0.2, 0.25) is 5.91 Å². The first-order chi connectivity index (χ1) is 9.71. The van der Waals surface area contributed by atoms with Crippen LogP contribution in [0.3, 0.4) is 0 Å². The molecular weight excluding hydrogens is 273 g/mol. The molecule has 104 valence electrons. The molecule has 1 aliphatic rings. The van der Waals surface area contributed by atoms with Gasteiger partial charge in [0, 0.05) is 4.88 Å². The van der Waals surface area contributed by atoms with Crippen LogP contribution in [0.2, 0.25) is 0 Å². The van der Waals surface area contributed by atoms with Gasteiger partial charge in [0.15, 0.2) is 0 Å². The maximum Gasteiger partial charge on any atom is 0.230 e. The molecule has 1 aliphatic carbocycles. The molecule has 1 amide bonds. The summed E-state index contributed by atoms with van der Waals surface area (Å²) < 4.78 is 13.0. The van der Waals surface area contributed by atoms with Crippen molar-refractivity contribution in [1.29, 1.82) is 0 Å². The van der Waals surface area contributed by atoms with E-state index >= 15 is 0 Å². The average Bonchev–Trinajstić information content (AvgIpc) is 2.90. The molecule has 0 radical (unpaired) electrons. The van der Waals surface area contributed by atoms with E-state index in [9.17, 15) is 9.18 Å². The van der Waals surface area contributed by atoms with Crippen LogP contribution in [-0.4, -0.2) is 5.91 Å². The lowest BCUT2D eigenvalue weighted by Crippen LogP contribution is -2.48. The van der Waals surface area contributed by atoms with Crippen LogP contribution in [0.1, 0.15) is 29.7 Å². The minimum Gasteiger partial charge on any atom is -0.350 e. The summed E-state index contributed by atoms with van der Waals surface area (Å²) in [5.41, 5.74) is 0.471. The van der Waals surface area contributed by atoms with E-state index in [1.807, 2.05) is 17.5 Å². The van der Waals surface area contributed by atoms with Crippen molar-refractivity contribution >= 4 is 17.2 Å². The lowest BCUT2D eigenvalue weighted by Gasteiger charge is -2.40. The Bertz CT molecular complexity index is 587. The lowest BCUT2D eigenvalue weighted by atomic mass is 9.64. The smallest absolute Gasteiger partial charge is 0.230 e. The van der Waals surface area contributed by atoms with Gasteiger partial charge in [-0.25, -0.2) is 4.39 Å². The Morgan fingerprint density at radius 1 is 1.25 bits per heavy atom. The maximum absolute atomic E-state index is 13.0. The van der Waals surface area contributed by atoms with E-state index in [0.29, 0.717) is 6.54 Å². The van der Waals surface area contributed by atoms with Crippen LogP contribution in [0.25, 0.3) is 0 Å². The van der Waals surface area contributed by atoms with E-state index in [1.54, 1.807) is 23.5 Å². The summed E-state index contributed by atoms with van der Waals surface area (Å²) in [6.45, 7) is 0.569. The largest absolute Gasteiger partial charge is 0.350 e. The van der Waals surface area contributed by atoms with Crippen LogP contribution in [0.5, 0.6) is 0 Å². The summed E-state index contributed by atoms with van der Waals surface area (Å²) in [5.74, 6) is -0.203. The molecule has 0 spiro atoms. The van der Waals surface area contributed by atoms with E-state index in [2.05, 4.69) is 5.32 Å². The molecule has 0 bridgehead atoms. The Hall–Kier alpha value is -1.68. The van der Waals surface area contributed by atoms with Crippen LogP contribution in [0.4, 0.5) is 4.39 Å². The normalized spacial score (nSPS) is 16.4. The number of hydrogen-bond donors (Lipinski definition) is 1. The zero-order valence-electron chi connectivity index (χ0n) is 11.1. The first-order valence-corrected chi connectivity index (χ1v) is 7.65. The predicted molar refractivity (Wildman–Crippen MR) is 78.1 cm³/mol. The van der Waals surface area contributed by atoms with Gasteiger partial charge in [0.05, 0.1) is 12.0 Å². The Morgan fingerprint density at radius 3 is 2.55 bits per heavy atom. The standard InChI is InChI=1S/C16H16FNOS/c17-13-6-4-12(5-7-13)16(8-2-9-16)15(19)18-11-14-3-1-10-20-14/h1,3-7,10H,2,8-9,11H2,(H,18,19). The number of hydrogen-bond acceptors (Lipinski definition) is 2. The second-order valence-corrected chi connectivity index (χ2v) is 6.24. The molecular formula is C16H16FNOS. The van der Waals surface area contributed by atoms with Gasteiger partial charge in [-0.3, -0.25) is 4.79 Å².